The topological polar surface area (TPSA) is 99.4 Å². The van der Waals surface area contributed by atoms with Gasteiger partial charge in [0.2, 0.25) is 5.89 Å². The van der Waals surface area contributed by atoms with Crippen LogP contribution >= 0.6 is 11.8 Å². The van der Waals surface area contributed by atoms with E-state index in [1.807, 2.05) is 0 Å². The molecule has 0 amide bonds. The summed E-state index contributed by atoms with van der Waals surface area (Å²) in [7, 11) is -2.90. The number of sulfone groups is 1. The van der Waals surface area contributed by atoms with Gasteiger partial charge in [0.1, 0.15) is 11.4 Å². The third kappa shape index (κ3) is 5.60. The van der Waals surface area contributed by atoms with Crippen LogP contribution in [0.25, 0.3) is 0 Å². The molecule has 0 saturated carbocycles. The van der Waals surface area contributed by atoms with E-state index in [-0.39, 0.29) is 29.1 Å². The van der Waals surface area contributed by atoms with Crippen molar-refractivity contribution in [1.29, 1.82) is 0 Å². The fraction of sp³-hybridized carbons (Fsp3) is 0.769. The minimum atomic E-state index is -2.90. The van der Waals surface area contributed by atoms with E-state index in [2.05, 4.69) is 10.2 Å². The van der Waals surface area contributed by atoms with E-state index in [9.17, 15) is 13.2 Å². The molecule has 22 heavy (non-hydrogen) atoms. The molecule has 2 heterocycles. The number of hydrogen-bond donors (Lipinski definition) is 0. The number of ether oxygens (including phenoxy) is 1. The molecule has 0 unspecified atom stereocenters. The highest BCUT2D eigenvalue weighted by Gasteiger charge is 2.29. The zero-order chi connectivity index (χ0) is 16.4. The third-order valence-corrected chi connectivity index (χ3v) is 5.60. The van der Waals surface area contributed by atoms with Crippen molar-refractivity contribution in [2.45, 2.75) is 44.4 Å². The lowest BCUT2D eigenvalue weighted by Gasteiger charge is -2.18. The SMILES string of the molecule is CC(C)(C)OC(=O)CSc1nnc(C[C@H]2CCS(=O)(=O)C2)o1. The molecule has 1 aromatic rings. The van der Waals surface area contributed by atoms with Crippen LogP contribution < -0.4 is 0 Å². The van der Waals surface area contributed by atoms with E-state index in [1.54, 1.807) is 20.8 Å². The highest BCUT2D eigenvalue weighted by molar-refractivity contribution is 7.99. The summed E-state index contributed by atoms with van der Waals surface area (Å²) in [4.78, 5) is 11.6. The van der Waals surface area contributed by atoms with Crippen LogP contribution in [0.1, 0.15) is 33.1 Å². The summed E-state index contributed by atoms with van der Waals surface area (Å²) in [5.74, 6) is 0.598. The molecule has 1 fully saturated rings. The number of carbonyl (C=O) groups excluding carboxylic acids is 1. The number of aromatic nitrogens is 2. The second kappa shape index (κ2) is 6.57. The van der Waals surface area contributed by atoms with Gasteiger partial charge in [-0.05, 0) is 33.1 Å². The van der Waals surface area contributed by atoms with Crippen LogP contribution in [-0.2, 0) is 25.8 Å². The highest BCUT2D eigenvalue weighted by Crippen LogP contribution is 2.24. The normalized spacial score (nSPS) is 21.0. The molecule has 7 nitrogen and oxygen atoms in total. The number of hydrogen-bond acceptors (Lipinski definition) is 8. The van der Waals surface area contributed by atoms with Gasteiger partial charge in [0.25, 0.3) is 5.22 Å². The number of esters is 1. The van der Waals surface area contributed by atoms with Gasteiger partial charge in [-0.3, -0.25) is 4.79 Å². The first-order chi connectivity index (χ1) is 10.1. The Morgan fingerprint density at radius 3 is 2.73 bits per heavy atom. The average Bonchev–Trinajstić information content (AvgIpc) is 2.92. The van der Waals surface area contributed by atoms with Gasteiger partial charge in [-0.15, -0.1) is 10.2 Å². The molecule has 1 aliphatic rings. The van der Waals surface area contributed by atoms with Crippen LogP contribution in [0.5, 0.6) is 0 Å². The van der Waals surface area contributed by atoms with E-state index in [0.29, 0.717) is 24.0 Å². The largest absolute Gasteiger partial charge is 0.459 e. The summed E-state index contributed by atoms with van der Waals surface area (Å²) in [5.41, 5.74) is -0.522. The third-order valence-electron chi connectivity index (χ3n) is 2.97. The molecule has 1 aromatic heterocycles. The first kappa shape index (κ1) is 17.3. The lowest BCUT2D eigenvalue weighted by atomic mass is 10.1. The van der Waals surface area contributed by atoms with E-state index >= 15 is 0 Å². The van der Waals surface area contributed by atoms with E-state index in [1.165, 1.54) is 0 Å². The summed E-state index contributed by atoms with van der Waals surface area (Å²) in [6.45, 7) is 5.40. The molecular weight excluding hydrogens is 328 g/mol. The Morgan fingerprint density at radius 2 is 2.14 bits per heavy atom. The number of nitrogens with zero attached hydrogens (tertiary/aromatic N) is 2. The molecular formula is C13H20N2O5S2. The van der Waals surface area contributed by atoms with Gasteiger partial charge in [-0.25, -0.2) is 8.42 Å². The maximum Gasteiger partial charge on any atom is 0.316 e. The molecule has 0 radical (unpaired) electrons. The van der Waals surface area contributed by atoms with Crippen LogP contribution in [-0.4, -0.2) is 47.4 Å². The Balaban J connectivity index is 1.81. The van der Waals surface area contributed by atoms with E-state index in [0.717, 1.165) is 11.8 Å². The van der Waals surface area contributed by atoms with Gasteiger partial charge in [-0.1, -0.05) is 11.8 Å². The van der Waals surface area contributed by atoms with Crippen LogP contribution in [0.4, 0.5) is 0 Å². The molecule has 1 aliphatic heterocycles. The van der Waals surface area contributed by atoms with Gasteiger partial charge in [-0.2, -0.15) is 0 Å². The standard InChI is InChI=1S/C13H20N2O5S2/c1-13(2,3)20-11(16)7-21-12-15-14-10(19-12)6-9-4-5-22(17,18)8-9/h9H,4-8H2,1-3H3/t9-/m1/s1. The highest BCUT2D eigenvalue weighted by atomic mass is 32.2. The maximum atomic E-state index is 11.6. The smallest absolute Gasteiger partial charge is 0.316 e. The summed E-state index contributed by atoms with van der Waals surface area (Å²) in [6.07, 6.45) is 1.09. The lowest BCUT2D eigenvalue weighted by molar-refractivity contribution is -0.151. The molecule has 124 valence electrons. The van der Waals surface area contributed by atoms with Crippen LogP contribution in [0, 0.1) is 5.92 Å². The van der Waals surface area contributed by atoms with Crippen molar-refractivity contribution in [3.8, 4) is 0 Å². The summed E-state index contributed by atoms with van der Waals surface area (Å²) >= 11 is 1.11. The van der Waals surface area contributed by atoms with Crippen molar-refractivity contribution >= 4 is 27.6 Å². The first-order valence-electron chi connectivity index (χ1n) is 7.00. The van der Waals surface area contributed by atoms with Gasteiger partial charge in [0, 0.05) is 6.42 Å². The van der Waals surface area contributed by atoms with Crippen molar-refractivity contribution in [2.75, 3.05) is 17.3 Å². The molecule has 0 aromatic carbocycles. The molecule has 1 saturated heterocycles. The van der Waals surface area contributed by atoms with Gasteiger partial charge in [0.15, 0.2) is 9.84 Å². The second-order valence-corrected chi connectivity index (χ2v) is 9.47. The van der Waals surface area contributed by atoms with Crippen molar-refractivity contribution < 1.29 is 22.4 Å². The van der Waals surface area contributed by atoms with Crippen LogP contribution in [0.2, 0.25) is 0 Å². The van der Waals surface area contributed by atoms with E-state index in [4.69, 9.17) is 9.15 Å². The summed E-state index contributed by atoms with van der Waals surface area (Å²) < 4.78 is 33.4. The Morgan fingerprint density at radius 1 is 1.41 bits per heavy atom. The van der Waals surface area contributed by atoms with Crippen molar-refractivity contribution in [1.82, 2.24) is 10.2 Å². The minimum Gasteiger partial charge on any atom is -0.459 e. The molecule has 0 aliphatic carbocycles. The average molecular weight is 348 g/mol. The Kier molecular flexibility index (Phi) is 5.16. The van der Waals surface area contributed by atoms with Crippen LogP contribution in [0.15, 0.2) is 9.64 Å². The maximum absolute atomic E-state index is 11.6. The van der Waals surface area contributed by atoms with Crippen molar-refractivity contribution in [3.05, 3.63) is 5.89 Å². The fourth-order valence-corrected chi connectivity index (χ4v) is 4.57. The predicted molar refractivity (Wildman–Crippen MR) is 81.3 cm³/mol. The summed E-state index contributed by atoms with van der Waals surface area (Å²) in [6, 6.07) is 0. The molecule has 0 spiro atoms. The van der Waals surface area contributed by atoms with Crippen molar-refractivity contribution in [2.24, 2.45) is 5.92 Å². The number of rotatable bonds is 5. The molecule has 0 bridgehead atoms. The van der Waals surface area contributed by atoms with E-state index < -0.39 is 15.4 Å². The Hall–Kier alpha value is -1.09. The fourth-order valence-electron chi connectivity index (χ4n) is 2.15. The molecule has 2 rings (SSSR count). The molecule has 1 atom stereocenters. The molecule has 9 heteroatoms. The second-order valence-electron chi connectivity index (χ2n) is 6.31. The molecule has 0 N–H and O–H groups in total. The van der Waals surface area contributed by atoms with Gasteiger partial charge < -0.3 is 9.15 Å². The zero-order valence-corrected chi connectivity index (χ0v) is 14.5. The number of thioether (sulfide) groups is 1. The minimum absolute atomic E-state index is 0.0363. The number of carbonyl (C=O) groups is 1. The monoisotopic (exact) mass is 348 g/mol. The Labute approximate surface area is 134 Å². The summed E-state index contributed by atoms with van der Waals surface area (Å²) in [5, 5.41) is 8.04. The van der Waals surface area contributed by atoms with Gasteiger partial charge in [0.05, 0.1) is 11.5 Å². The van der Waals surface area contributed by atoms with Crippen molar-refractivity contribution in [3.63, 3.8) is 0 Å². The Bertz CT molecular complexity index is 633. The quantitative estimate of drug-likeness (QED) is 0.583. The lowest BCUT2D eigenvalue weighted by Crippen LogP contribution is -2.24. The first-order valence-corrected chi connectivity index (χ1v) is 9.81. The van der Waals surface area contributed by atoms with Gasteiger partial charge >= 0.3 is 5.97 Å². The predicted octanol–water partition coefficient (Wildman–Crippen LogP) is 1.48. The van der Waals surface area contributed by atoms with Crippen LogP contribution in [0.3, 0.4) is 0 Å². The zero-order valence-electron chi connectivity index (χ0n) is 12.9.